The molecule has 35 heavy (non-hydrogen) atoms. The quantitative estimate of drug-likeness (QED) is 0.333. The number of hydrogen-bond donors (Lipinski definition) is 0. The summed E-state index contributed by atoms with van der Waals surface area (Å²) < 4.78 is 7.11. The smallest absolute Gasteiger partial charge is 0.261 e. The van der Waals surface area contributed by atoms with E-state index in [2.05, 4.69) is 11.9 Å². The summed E-state index contributed by atoms with van der Waals surface area (Å²) in [5, 5.41) is 0.595. The molecule has 1 aromatic heterocycles. The van der Waals surface area contributed by atoms with Gasteiger partial charge in [-0.3, -0.25) is 14.2 Å². The van der Waals surface area contributed by atoms with Crippen molar-refractivity contribution in [3.63, 3.8) is 0 Å². The Morgan fingerprint density at radius 2 is 1.71 bits per heavy atom. The number of ether oxygens (including phenoxy) is 1. The highest BCUT2D eigenvalue weighted by Crippen LogP contribution is 2.22. The van der Waals surface area contributed by atoms with Gasteiger partial charge in [-0.15, -0.1) is 0 Å². The van der Waals surface area contributed by atoms with E-state index in [1.54, 1.807) is 24.1 Å². The van der Waals surface area contributed by atoms with Crippen LogP contribution in [-0.4, -0.2) is 33.5 Å². The van der Waals surface area contributed by atoms with Crippen LogP contribution < -0.4 is 10.3 Å². The summed E-state index contributed by atoms with van der Waals surface area (Å²) in [5.74, 6) is 0.896. The third-order valence-corrected chi connectivity index (χ3v) is 6.28. The van der Waals surface area contributed by atoms with E-state index < -0.39 is 0 Å². The Morgan fingerprint density at radius 3 is 2.51 bits per heavy atom. The molecule has 1 atom stereocenters. The van der Waals surface area contributed by atoms with Gasteiger partial charge in [-0.05, 0) is 49.1 Å². The van der Waals surface area contributed by atoms with Crippen molar-refractivity contribution >= 4 is 16.8 Å². The van der Waals surface area contributed by atoms with E-state index in [0.717, 1.165) is 16.9 Å². The number of fused-ring (bicyclic) bond motifs is 1. The van der Waals surface area contributed by atoms with Gasteiger partial charge in [0.05, 0.1) is 24.3 Å². The molecular formula is C29H31N3O3. The largest absolute Gasteiger partial charge is 0.496 e. The molecule has 0 unspecified atom stereocenters. The molecule has 0 bridgehead atoms. The Hall–Kier alpha value is -3.93. The molecule has 1 amide bonds. The molecule has 0 fully saturated rings. The standard InChI is InChI=1S/C29H31N3O3/c1-22(19-24-13-6-9-16-27(24)35-2)32(20-23-11-4-3-5-12-23)28(33)17-10-18-31-21-30-26-15-8-7-14-25(26)29(31)34/h3-9,11-16,21-22H,10,17-20H2,1-2H3/t22-/m0/s1. The summed E-state index contributed by atoms with van der Waals surface area (Å²) in [5.41, 5.74) is 2.77. The molecule has 0 N–H and O–H groups in total. The Morgan fingerprint density at radius 1 is 1.00 bits per heavy atom. The fraction of sp³-hybridized carbons (Fsp3) is 0.276. The number of hydrogen-bond acceptors (Lipinski definition) is 4. The van der Waals surface area contributed by atoms with Gasteiger partial charge in [-0.2, -0.15) is 0 Å². The van der Waals surface area contributed by atoms with Gasteiger partial charge in [0.15, 0.2) is 0 Å². The van der Waals surface area contributed by atoms with Crippen LogP contribution in [-0.2, 0) is 24.3 Å². The number of aryl methyl sites for hydroxylation is 1. The maximum atomic E-state index is 13.4. The van der Waals surface area contributed by atoms with Gasteiger partial charge in [-0.1, -0.05) is 60.7 Å². The molecule has 4 rings (SSSR count). The first-order chi connectivity index (χ1) is 17.1. The van der Waals surface area contributed by atoms with Crippen molar-refractivity contribution in [2.75, 3.05) is 7.11 Å². The minimum atomic E-state index is -0.0752. The molecule has 6 nitrogen and oxygen atoms in total. The van der Waals surface area contributed by atoms with Crippen molar-refractivity contribution < 1.29 is 9.53 Å². The highest BCUT2D eigenvalue weighted by Gasteiger charge is 2.22. The topological polar surface area (TPSA) is 64.4 Å². The summed E-state index contributed by atoms with van der Waals surface area (Å²) in [6.45, 7) is 3.06. The van der Waals surface area contributed by atoms with Gasteiger partial charge in [-0.25, -0.2) is 4.98 Å². The molecule has 0 spiro atoms. The molecule has 6 heteroatoms. The average molecular weight is 470 g/mol. The van der Waals surface area contributed by atoms with Crippen molar-refractivity contribution in [2.45, 2.75) is 45.3 Å². The number of carbonyl (C=O) groups is 1. The monoisotopic (exact) mass is 469 g/mol. The van der Waals surface area contributed by atoms with Crippen LogP contribution in [0.3, 0.4) is 0 Å². The number of nitrogens with zero attached hydrogens (tertiary/aromatic N) is 3. The van der Waals surface area contributed by atoms with E-state index >= 15 is 0 Å². The van der Waals surface area contributed by atoms with Crippen LogP contribution in [0.5, 0.6) is 5.75 Å². The molecule has 0 radical (unpaired) electrons. The zero-order valence-corrected chi connectivity index (χ0v) is 20.3. The maximum Gasteiger partial charge on any atom is 0.261 e. The average Bonchev–Trinajstić information content (AvgIpc) is 2.89. The number of carbonyl (C=O) groups excluding carboxylic acids is 1. The summed E-state index contributed by atoms with van der Waals surface area (Å²) >= 11 is 0. The first-order valence-electron chi connectivity index (χ1n) is 12.0. The van der Waals surface area contributed by atoms with Gasteiger partial charge in [0.1, 0.15) is 5.75 Å². The summed E-state index contributed by atoms with van der Waals surface area (Å²) in [6.07, 6.45) is 3.17. The predicted octanol–water partition coefficient (Wildman–Crippen LogP) is 4.85. The van der Waals surface area contributed by atoms with E-state index in [0.29, 0.717) is 43.3 Å². The number of benzene rings is 3. The van der Waals surface area contributed by atoms with Crippen LogP contribution in [0.4, 0.5) is 0 Å². The second kappa shape index (κ2) is 11.5. The molecule has 0 aliphatic rings. The molecule has 1 heterocycles. The molecule has 4 aromatic rings. The van der Waals surface area contributed by atoms with Crippen LogP contribution in [0.15, 0.2) is 90.0 Å². The van der Waals surface area contributed by atoms with Crippen LogP contribution in [0.2, 0.25) is 0 Å². The van der Waals surface area contributed by atoms with Crippen molar-refractivity contribution in [3.8, 4) is 5.75 Å². The van der Waals surface area contributed by atoms with Gasteiger partial charge in [0.25, 0.3) is 5.56 Å². The lowest BCUT2D eigenvalue weighted by Gasteiger charge is -2.30. The van der Waals surface area contributed by atoms with Gasteiger partial charge >= 0.3 is 0 Å². The summed E-state index contributed by atoms with van der Waals surface area (Å²) in [6, 6.07) is 25.2. The van der Waals surface area contributed by atoms with Crippen molar-refractivity contribution in [2.24, 2.45) is 0 Å². The third-order valence-electron chi connectivity index (χ3n) is 6.28. The van der Waals surface area contributed by atoms with E-state index in [1.807, 2.05) is 77.7 Å². The number of para-hydroxylation sites is 2. The summed E-state index contributed by atoms with van der Waals surface area (Å²) in [7, 11) is 1.67. The lowest BCUT2D eigenvalue weighted by molar-refractivity contribution is -0.134. The first-order valence-corrected chi connectivity index (χ1v) is 12.0. The first kappa shape index (κ1) is 24.2. The van der Waals surface area contributed by atoms with E-state index in [4.69, 9.17) is 4.74 Å². The SMILES string of the molecule is COc1ccccc1C[C@H](C)N(Cc1ccccc1)C(=O)CCCn1cnc2ccccc2c1=O. The second-order valence-corrected chi connectivity index (χ2v) is 8.74. The number of amides is 1. The maximum absolute atomic E-state index is 13.4. The Labute approximate surface area is 205 Å². The molecule has 0 saturated carbocycles. The Balaban J connectivity index is 1.47. The lowest BCUT2D eigenvalue weighted by Crippen LogP contribution is -2.39. The van der Waals surface area contributed by atoms with Crippen LogP contribution in [0.1, 0.15) is 30.9 Å². The third kappa shape index (κ3) is 5.96. The highest BCUT2D eigenvalue weighted by molar-refractivity contribution is 5.77. The van der Waals surface area contributed by atoms with Crippen LogP contribution in [0, 0.1) is 0 Å². The van der Waals surface area contributed by atoms with Crippen LogP contribution >= 0.6 is 0 Å². The zero-order chi connectivity index (χ0) is 24.6. The van der Waals surface area contributed by atoms with E-state index in [9.17, 15) is 9.59 Å². The zero-order valence-electron chi connectivity index (χ0n) is 20.3. The fourth-order valence-corrected chi connectivity index (χ4v) is 4.38. The fourth-order valence-electron chi connectivity index (χ4n) is 4.38. The molecule has 0 saturated heterocycles. The molecule has 3 aromatic carbocycles. The molecular weight excluding hydrogens is 438 g/mol. The molecule has 0 aliphatic carbocycles. The van der Waals surface area contributed by atoms with Crippen molar-refractivity contribution in [3.05, 3.63) is 107 Å². The molecule has 180 valence electrons. The normalized spacial score (nSPS) is 11.8. The number of aromatic nitrogens is 2. The Bertz CT molecular complexity index is 1330. The van der Waals surface area contributed by atoms with Crippen molar-refractivity contribution in [1.29, 1.82) is 0 Å². The van der Waals surface area contributed by atoms with Gasteiger partial charge in [0, 0.05) is 25.6 Å². The van der Waals surface area contributed by atoms with Crippen LogP contribution in [0.25, 0.3) is 10.9 Å². The minimum Gasteiger partial charge on any atom is -0.496 e. The van der Waals surface area contributed by atoms with Gasteiger partial charge in [0.2, 0.25) is 5.91 Å². The second-order valence-electron chi connectivity index (χ2n) is 8.74. The predicted molar refractivity (Wildman–Crippen MR) is 138 cm³/mol. The highest BCUT2D eigenvalue weighted by atomic mass is 16.5. The lowest BCUT2D eigenvalue weighted by atomic mass is 10.0. The summed E-state index contributed by atoms with van der Waals surface area (Å²) in [4.78, 5) is 32.5. The molecule has 0 aliphatic heterocycles. The van der Waals surface area contributed by atoms with E-state index in [-0.39, 0.29) is 17.5 Å². The number of methoxy groups -OCH3 is 1. The number of rotatable bonds is 10. The van der Waals surface area contributed by atoms with E-state index in [1.165, 1.54) is 0 Å². The Kier molecular flexibility index (Phi) is 7.93. The van der Waals surface area contributed by atoms with Crippen molar-refractivity contribution in [1.82, 2.24) is 14.5 Å². The minimum absolute atomic E-state index is 0.0240. The van der Waals surface area contributed by atoms with Gasteiger partial charge < -0.3 is 9.64 Å².